The summed E-state index contributed by atoms with van der Waals surface area (Å²) < 4.78 is 6.68. The summed E-state index contributed by atoms with van der Waals surface area (Å²) in [5, 5.41) is 4.84. The predicted octanol–water partition coefficient (Wildman–Crippen LogP) is 11.6. The smallest absolute Gasteiger partial charge is 0.252 e. The zero-order valence-corrected chi connectivity index (χ0v) is 31.8. The normalized spacial score (nSPS) is 22.9. The molecule has 0 unspecified atom stereocenters. The number of para-hydroxylation sites is 3. The van der Waals surface area contributed by atoms with Gasteiger partial charge in [-0.1, -0.05) is 97.1 Å². The average Bonchev–Trinajstić information content (AvgIpc) is 3.63. The van der Waals surface area contributed by atoms with Gasteiger partial charge in [0.05, 0.1) is 0 Å². The molecule has 3 heterocycles. The van der Waals surface area contributed by atoms with Crippen molar-refractivity contribution < 1.29 is 4.42 Å². The summed E-state index contributed by atoms with van der Waals surface area (Å²) in [4.78, 5) is 5.23. The SMILES string of the molecule is CCN1c2ccccc2B2c3ccccc3N(c3ccc(-c4cccc5c4oc4ccc6ccccc6c45)cc3)c3cc(C45CC6CC(CC(C6)C4)C5)cc1c32. The maximum Gasteiger partial charge on any atom is 0.252 e. The van der Waals surface area contributed by atoms with Crippen LogP contribution >= 0.6 is 0 Å². The van der Waals surface area contributed by atoms with Gasteiger partial charge in [-0.3, -0.25) is 0 Å². The molecule has 14 rings (SSSR count). The van der Waals surface area contributed by atoms with E-state index >= 15 is 0 Å². The molecule has 1 aromatic heterocycles. The van der Waals surface area contributed by atoms with Gasteiger partial charge in [-0.05, 0) is 149 Å². The first-order valence-corrected chi connectivity index (χ1v) is 21.0. The Bertz CT molecular complexity index is 2890. The highest BCUT2D eigenvalue weighted by atomic mass is 16.3. The third-order valence-electron chi connectivity index (χ3n) is 14.8. The zero-order valence-electron chi connectivity index (χ0n) is 31.8. The van der Waals surface area contributed by atoms with E-state index in [1.807, 2.05) is 0 Å². The molecule has 0 amide bonds. The Hall–Kier alpha value is -5.74. The van der Waals surface area contributed by atoms with Crippen LogP contribution in [0.3, 0.4) is 0 Å². The van der Waals surface area contributed by atoms with E-state index in [2.05, 4.69) is 156 Å². The molecule has 270 valence electrons. The molecule has 0 saturated heterocycles. The van der Waals surface area contributed by atoms with Gasteiger partial charge in [0.15, 0.2) is 0 Å². The van der Waals surface area contributed by atoms with Gasteiger partial charge >= 0.3 is 0 Å². The number of hydrogen-bond acceptors (Lipinski definition) is 3. The minimum atomic E-state index is 0.193. The first-order chi connectivity index (χ1) is 27.6. The molecule has 8 aromatic rings. The van der Waals surface area contributed by atoms with Gasteiger partial charge in [-0.25, -0.2) is 0 Å². The van der Waals surface area contributed by atoms with E-state index in [0.29, 0.717) is 0 Å². The highest BCUT2D eigenvalue weighted by Gasteiger charge is 2.53. The second-order valence-corrected chi connectivity index (χ2v) is 17.7. The molecule has 2 aliphatic heterocycles. The number of rotatable bonds is 4. The first kappa shape index (κ1) is 31.5. The van der Waals surface area contributed by atoms with Crippen LogP contribution in [0.25, 0.3) is 43.8 Å². The second-order valence-electron chi connectivity index (χ2n) is 17.7. The fraction of sp³-hybridized carbons (Fsp3) is 0.231. The summed E-state index contributed by atoms with van der Waals surface area (Å²) in [6.45, 7) is 3.47. The van der Waals surface area contributed by atoms with Crippen LogP contribution in [0, 0.1) is 17.8 Å². The average molecular weight is 723 g/mol. The minimum absolute atomic E-state index is 0.193. The fourth-order valence-corrected chi connectivity index (χ4v) is 13.0. The van der Waals surface area contributed by atoms with Crippen molar-refractivity contribution in [1.29, 1.82) is 0 Å². The lowest BCUT2D eigenvalue weighted by atomic mass is 9.33. The lowest BCUT2D eigenvalue weighted by Crippen LogP contribution is -2.62. The van der Waals surface area contributed by atoms with E-state index in [1.165, 1.54) is 110 Å². The molecule has 0 atom stereocenters. The van der Waals surface area contributed by atoms with Gasteiger partial charge in [-0.2, -0.15) is 0 Å². The summed E-state index contributed by atoms with van der Waals surface area (Å²) in [5.41, 5.74) is 17.0. The molecule has 4 aliphatic carbocycles. The van der Waals surface area contributed by atoms with E-state index in [0.717, 1.165) is 41.0 Å². The van der Waals surface area contributed by atoms with Crippen LogP contribution < -0.4 is 26.2 Å². The predicted molar refractivity (Wildman–Crippen MR) is 235 cm³/mol. The van der Waals surface area contributed by atoms with Crippen molar-refractivity contribution in [3.05, 3.63) is 145 Å². The highest BCUT2D eigenvalue weighted by molar-refractivity contribution is 7.00. The lowest BCUT2D eigenvalue weighted by molar-refractivity contribution is -0.00514. The van der Waals surface area contributed by atoms with E-state index in [9.17, 15) is 0 Å². The Balaban J connectivity index is 1.00. The topological polar surface area (TPSA) is 19.6 Å². The minimum Gasteiger partial charge on any atom is -0.455 e. The van der Waals surface area contributed by atoms with Crippen molar-refractivity contribution >= 4 is 84.2 Å². The molecule has 4 saturated carbocycles. The Labute approximate surface area is 328 Å². The number of nitrogens with zero attached hydrogens (tertiary/aromatic N) is 2. The lowest BCUT2D eigenvalue weighted by Gasteiger charge is -2.57. The molecular formula is C52H43BN2O. The van der Waals surface area contributed by atoms with Crippen molar-refractivity contribution in [1.82, 2.24) is 0 Å². The molecule has 3 nitrogen and oxygen atoms in total. The molecular weight excluding hydrogens is 679 g/mol. The van der Waals surface area contributed by atoms with Crippen LogP contribution in [0.15, 0.2) is 144 Å². The van der Waals surface area contributed by atoms with Crippen LogP contribution in [0.1, 0.15) is 51.0 Å². The molecule has 0 spiro atoms. The second kappa shape index (κ2) is 11.4. The molecule has 4 heteroatoms. The van der Waals surface area contributed by atoms with Crippen molar-refractivity contribution in [2.75, 3.05) is 16.3 Å². The highest BCUT2D eigenvalue weighted by Crippen LogP contribution is 2.61. The Morgan fingerprint density at radius 2 is 1.29 bits per heavy atom. The number of benzene rings is 7. The largest absolute Gasteiger partial charge is 0.455 e. The molecule has 6 aliphatic rings. The van der Waals surface area contributed by atoms with Crippen molar-refractivity contribution in [2.45, 2.75) is 50.9 Å². The van der Waals surface area contributed by atoms with Crippen LogP contribution in [0.5, 0.6) is 0 Å². The Morgan fingerprint density at radius 3 is 2.05 bits per heavy atom. The third-order valence-corrected chi connectivity index (χ3v) is 14.8. The summed E-state index contributed by atoms with van der Waals surface area (Å²) in [6.07, 6.45) is 8.45. The van der Waals surface area contributed by atoms with Crippen LogP contribution in [-0.4, -0.2) is 13.3 Å². The van der Waals surface area contributed by atoms with Gasteiger partial charge in [0.1, 0.15) is 11.2 Å². The summed E-state index contributed by atoms with van der Waals surface area (Å²) in [6, 6.07) is 52.6. The monoisotopic (exact) mass is 722 g/mol. The molecule has 4 bridgehead atoms. The van der Waals surface area contributed by atoms with Gasteiger partial charge in [0.2, 0.25) is 0 Å². The van der Waals surface area contributed by atoms with Crippen molar-refractivity contribution in [2.24, 2.45) is 17.8 Å². The molecule has 7 aromatic carbocycles. The summed E-state index contributed by atoms with van der Waals surface area (Å²) in [5.74, 6) is 2.68. The number of furan rings is 1. The zero-order chi connectivity index (χ0) is 36.7. The van der Waals surface area contributed by atoms with Crippen molar-refractivity contribution in [3.8, 4) is 11.1 Å². The Kier molecular flexibility index (Phi) is 6.41. The van der Waals surface area contributed by atoms with E-state index in [4.69, 9.17) is 4.42 Å². The van der Waals surface area contributed by atoms with Gasteiger partial charge in [0, 0.05) is 51.3 Å². The van der Waals surface area contributed by atoms with Gasteiger partial charge in [-0.15, -0.1) is 0 Å². The summed E-state index contributed by atoms with van der Waals surface area (Å²) >= 11 is 0. The maximum absolute atomic E-state index is 6.68. The maximum atomic E-state index is 6.68. The van der Waals surface area contributed by atoms with Gasteiger partial charge < -0.3 is 14.2 Å². The van der Waals surface area contributed by atoms with Crippen LogP contribution in [-0.2, 0) is 5.41 Å². The number of hydrogen-bond donors (Lipinski definition) is 0. The van der Waals surface area contributed by atoms with Crippen LogP contribution in [0.2, 0.25) is 0 Å². The van der Waals surface area contributed by atoms with Gasteiger partial charge in [0.25, 0.3) is 6.71 Å². The molecule has 0 radical (unpaired) electrons. The first-order valence-electron chi connectivity index (χ1n) is 21.0. The van der Waals surface area contributed by atoms with E-state index in [1.54, 1.807) is 5.56 Å². The Morgan fingerprint density at radius 1 is 0.625 bits per heavy atom. The van der Waals surface area contributed by atoms with Crippen molar-refractivity contribution in [3.63, 3.8) is 0 Å². The number of anilines is 5. The molecule has 0 N–H and O–H groups in total. The number of fused-ring (bicyclic) bond motifs is 9. The quantitative estimate of drug-likeness (QED) is 0.169. The molecule has 56 heavy (non-hydrogen) atoms. The van der Waals surface area contributed by atoms with E-state index in [-0.39, 0.29) is 12.1 Å². The van der Waals surface area contributed by atoms with Crippen LogP contribution in [0.4, 0.5) is 28.4 Å². The summed E-state index contributed by atoms with van der Waals surface area (Å²) in [7, 11) is 0. The molecule has 4 fully saturated rings. The fourth-order valence-electron chi connectivity index (χ4n) is 13.0. The third kappa shape index (κ3) is 4.25. The van der Waals surface area contributed by atoms with E-state index < -0.39 is 0 Å². The standard InChI is InChI=1S/C52H43BN2O/c1-2-54-44-16-7-5-14-42(44)53-43-15-6-8-17-45(43)55(47-28-37(27-46(54)50(47)53)52-29-32-24-33(30-52)26-34(25-32)31-52)38-21-18-36(19-22-38)40-12-9-13-41-49-39-11-4-3-10-35(39)20-23-48(49)56-51(40)41/h3-23,27-28,32-34H,2,24-26,29-31H2,1H3.